The molecule has 0 saturated heterocycles. The minimum atomic E-state index is -0.347. The van der Waals surface area contributed by atoms with Gasteiger partial charge in [-0.25, -0.2) is 9.78 Å². The first-order valence-corrected chi connectivity index (χ1v) is 9.48. The Morgan fingerprint density at radius 2 is 2.00 bits per heavy atom. The van der Waals surface area contributed by atoms with E-state index in [2.05, 4.69) is 16.5 Å². The Hall–Kier alpha value is -2.59. The van der Waals surface area contributed by atoms with Crippen LogP contribution in [0, 0.1) is 0 Å². The zero-order chi connectivity index (χ0) is 19.2. The summed E-state index contributed by atoms with van der Waals surface area (Å²) >= 11 is 6.39. The summed E-state index contributed by atoms with van der Waals surface area (Å²) in [5.41, 5.74) is 3.46. The van der Waals surface area contributed by atoms with E-state index in [1.165, 1.54) is 7.11 Å². The lowest BCUT2D eigenvalue weighted by Gasteiger charge is -2.14. The number of imidazole rings is 1. The number of rotatable bonds is 7. The fraction of sp³-hybridized carbons (Fsp3) is 0.273. The molecule has 0 atom stereocenters. The molecule has 0 fully saturated rings. The normalized spacial score (nSPS) is 10.8. The zero-order valence-corrected chi connectivity index (χ0v) is 16.4. The van der Waals surface area contributed by atoms with E-state index in [1.807, 2.05) is 48.7 Å². The van der Waals surface area contributed by atoms with Gasteiger partial charge < -0.3 is 9.30 Å². The number of hydrogen-bond donors (Lipinski definition) is 0. The Morgan fingerprint density at radius 1 is 1.19 bits per heavy atom. The molecular formula is C22H23ClN2O2. The number of aryl methyl sites for hydroxylation is 1. The maximum atomic E-state index is 11.9. The molecule has 27 heavy (non-hydrogen) atoms. The third-order valence-corrected chi connectivity index (χ3v) is 4.93. The molecule has 0 bridgehead atoms. The third-order valence-electron chi connectivity index (χ3n) is 4.56. The Morgan fingerprint density at radius 3 is 2.74 bits per heavy atom. The first kappa shape index (κ1) is 19.2. The Labute approximate surface area is 164 Å². The first-order valence-electron chi connectivity index (χ1n) is 9.10. The number of nitrogens with zero attached hydrogens (tertiary/aromatic N) is 2. The van der Waals surface area contributed by atoms with E-state index in [0.717, 1.165) is 46.9 Å². The molecule has 2 aromatic carbocycles. The second-order valence-corrected chi connectivity index (χ2v) is 6.82. The van der Waals surface area contributed by atoms with Gasteiger partial charge >= 0.3 is 5.97 Å². The van der Waals surface area contributed by atoms with Crippen LogP contribution in [0.5, 0.6) is 0 Å². The lowest BCUT2D eigenvalue weighted by atomic mass is 10.1. The second kappa shape index (κ2) is 8.87. The van der Waals surface area contributed by atoms with Crippen LogP contribution < -0.4 is 0 Å². The van der Waals surface area contributed by atoms with Gasteiger partial charge in [0.15, 0.2) is 0 Å². The summed E-state index contributed by atoms with van der Waals surface area (Å²) < 4.78 is 7.04. The van der Waals surface area contributed by atoms with Crippen molar-refractivity contribution in [1.29, 1.82) is 0 Å². The van der Waals surface area contributed by atoms with Crippen molar-refractivity contribution in [2.45, 2.75) is 32.7 Å². The van der Waals surface area contributed by atoms with Crippen LogP contribution in [-0.2, 0) is 17.7 Å². The molecule has 4 nitrogen and oxygen atoms in total. The van der Waals surface area contributed by atoms with Gasteiger partial charge in [0.25, 0.3) is 0 Å². The van der Waals surface area contributed by atoms with Gasteiger partial charge in [-0.05, 0) is 30.2 Å². The van der Waals surface area contributed by atoms with Crippen molar-refractivity contribution in [3.63, 3.8) is 0 Å². The van der Waals surface area contributed by atoms with Gasteiger partial charge in [-0.1, -0.05) is 55.3 Å². The number of esters is 1. The van der Waals surface area contributed by atoms with Crippen LogP contribution in [0.2, 0.25) is 5.02 Å². The van der Waals surface area contributed by atoms with Gasteiger partial charge in [0, 0.05) is 17.0 Å². The topological polar surface area (TPSA) is 44.1 Å². The van der Waals surface area contributed by atoms with Gasteiger partial charge in [0.2, 0.25) is 0 Å². The summed E-state index contributed by atoms with van der Waals surface area (Å²) in [6, 6.07) is 15.3. The van der Waals surface area contributed by atoms with Gasteiger partial charge in [0.05, 0.1) is 31.1 Å². The predicted molar refractivity (Wildman–Crippen MR) is 108 cm³/mol. The zero-order valence-electron chi connectivity index (χ0n) is 15.6. The number of hydrogen-bond acceptors (Lipinski definition) is 3. The van der Waals surface area contributed by atoms with E-state index in [0.29, 0.717) is 12.1 Å². The maximum Gasteiger partial charge on any atom is 0.337 e. The van der Waals surface area contributed by atoms with Crippen LogP contribution in [-0.4, -0.2) is 22.6 Å². The summed E-state index contributed by atoms with van der Waals surface area (Å²) in [7, 11) is 1.39. The predicted octanol–water partition coefficient (Wildman–Crippen LogP) is 5.38. The summed E-state index contributed by atoms with van der Waals surface area (Å²) in [5.74, 6) is 0.676. The summed E-state index contributed by atoms with van der Waals surface area (Å²) in [6.45, 7) is 2.80. The molecule has 0 radical (unpaired) electrons. The number of aromatic nitrogens is 2. The highest BCUT2D eigenvalue weighted by Gasteiger charge is 2.15. The van der Waals surface area contributed by atoms with E-state index >= 15 is 0 Å². The first-order chi connectivity index (χ1) is 13.1. The van der Waals surface area contributed by atoms with Crippen LogP contribution in [0.4, 0.5) is 0 Å². The molecule has 3 aromatic rings. The quantitative estimate of drug-likeness (QED) is 0.515. The number of halogens is 1. The smallest absolute Gasteiger partial charge is 0.337 e. The molecule has 0 amide bonds. The fourth-order valence-electron chi connectivity index (χ4n) is 3.08. The molecule has 0 unspecified atom stereocenters. The van der Waals surface area contributed by atoms with E-state index in [4.69, 9.17) is 16.3 Å². The van der Waals surface area contributed by atoms with Crippen molar-refractivity contribution in [2.24, 2.45) is 0 Å². The molecule has 0 aliphatic rings. The number of ether oxygens (including phenoxy) is 1. The molecule has 0 N–H and O–H groups in total. The van der Waals surface area contributed by atoms with E-state index < -0.39 is 0 Å². The molecule has 0 aliphatic carbocycles. The van der Waals surface area contributed by atoms with Crippen molar-refractivity contribution >= 4 is 17.6 Å². The van der Waals surface area contributed by atoms with Crippen LogP contribution >= 0.6 is 11.6 Å². The Bertz CT molecular complexity index is 934. The van der Waals surface area contributed by atoms with Gasteiger partial charge in [-0.3, -0.25) is 0 Å². The van der Waals surface area contributed by atoms with Crippen LogP contribution in [0.15, 0.2) is 54.7 Å². The molecule has 1 heterocycles. The molecule has 140 valence electrons. The SMILES string of the molecule is CCCCc1ncc(-c2cccc(C(=O)OC)c2)n1Cc1ccccc1Cl. The minimum Gasteiger partial charge on any atom is -0.465 e. The van der Waals surface area contributed by atoms with Crippen molar-refractivity contribution < 1.29 is 9.53 Å². The van der Waals surface area contributed by atoms with Crippen LogP contribution in [0.25, 0.3) is 11.3 Å². The molecule has 0 aliphatic heterocycles. The number of carbonyl (C=O) groups is 1. The molecular weight excluding hydrogens is 360 g/mol. The number of methoxy groups -OCH3 is 1. The van der Waals surface area contributed by atoms with Crippen LogP contribution in [0.3, 0.4) is 0 Å². The largest absolute Gasteiger partial charge is 0.465 e. The highest BCUT2D eigenvalue weighted by molar-refractivity contribution is 6.31. The number of carbonyl (C=O) groups excluding carboxylic acids is 1. The van der Waals surface area contributed by atoms with Gasteiger partial charge in [0.1, 0.15) is 5.82 Å². The summed E-state index contributed by atoms with van der Waals surface area (Å²) in [6.07, 6.45) is 4.95. The van der Waals surface area contributed by atoms with Gasteiger partial charge in [-0.2, -0.15) is 0 Å². The van der Waals surface area contributed by atoms with Gasteiger partial charge in [-0.15, -0.1) is 0 Å². The van der Waals surface area contributed by atoms with Crippen LogP contribution in [0.1, 0.15) is 41.5 Å². The van der Waals surface area contributed by atoms with E-state index in [-0.39, 0.29) is 5.97 Å². The Kier molecular flexibility index (Phi) is 6.30. The molecule has 1 aromatic heterocycles. The lowest BCUT2D eigenvalue weighted by Crippen LogP contribution is -2.08. The number of benzene rings is 2. The molecule has 0 saturated carbocycles. The van der Waals surface area contributed by atoms with Crippen molar-refractivity contribution in [1.82, 2.24) is 9.55 Å². The van der Waals surface area contributed by atoms with Crippen molar-refractivity contribution in [3.8, 4) is 11.3 Å². The van der Waals surface area contributed by atoms with E-state index in [1.54, 1.807) is 6.07 Å². The summed E-state index contributed by atoms with van der Waals surface area (Å²) in [4.78, 5) is 16.6. The minimum absolute atomic E-state index is 0.347. The van der Waals surface area contributed by atoms with Crippen molar-refractivity contribution in [3.05, 3.63) is 76.7 Å². The molecule has 3 rings (SSSR count). The molecule has 0 spiro atoms. The lowest BCUT2D eigenvalue weighted by molar-refractivity contribution is 0.0601. The van der Waals surface area contributed by atoms with Crippen molar-refractivity contribution in [2.75, 3.05) is 7.11 Å². The number of unbranched alkanes of at least 4 members (excludes halogenated alkanes) is 1. The average molecular weight is 383 g/mol. The van der Waals surface area contributed by atoms with E-state index in [9.17, 15) is 4.79 Å². The Balaban J connectivity index is 2.04. The maximum absolute atomic E-state index is 11.9. The highest BCUT2D eigenvalue weighted by atomic mass is 35.5. The summed E-state index contributed by atoms with van der Waals surface area (Å²) in [5, 5.41) is 0.738. The highest BCUT2D eigenvalue weighted by Crippen LogP contribution is 2.26. The monoisotopic (exact) mass is 382 g/mol. The second-order valence-electron chi connectivity index (χ2n) is 6.41. The fourth-order valence-corrected chi connectivity index (χ4v) is 3.27. The standard InChI is InChI=1S/C22H23ClN2O2/c1-3-4-12-21-24-14-20(16-9-7-10-17(13-16)22(26)27-2)25(21)15-18-8-5-6-11-19(18)23/h5-11,13-14H,3-4,12,15H2,1-2H3. The average Bonchev–Trinajstić information content (AvgIpc) is 3.10. The third kappa shape index (κ3) is 4.40. The molecule has 5 heteroatoms.